The largest absolute Gasteiger partial charge is 0.398 e. The van der Waals surface area contributed by atoms with Gasteiger partial charge < -0.3 is 11.1 Å². The first kappa shape index (κ1) is 13.4. The lowest BCUT2D eigenvalue weighted by molar-refractivity contribution is 0.101. The van der Waals surface area contributed by atoms with Crippen molar-refractivity contribution in [3.63, 3.8) is 0 Å². The lowest BCUT2D eigenvalue weighted by atomic mass is 10.1. The Morgan fingerprint density at radius 1 is 1.32 bits per heavy atom. The van der Waals surface area contributed by atoms with Gasteiger partial charge in [0.1, 0.15) is 5.82 Å². The minimum absolute atomic E-state index is 0.118. The number of benzene rings is 2. The molecular formula is C14H12ClFN2O. The van der Waals surface area contributed by atoms with Crippen LogP contribution in [-0.4, -0.2) is 5.78 Å². The van der Waals surface area contributed by atoms with Crippen LogP contribution in [0.5, 0.6) is 0 Å². The number of hydrogen-bond donors (Lipinski definition) is 2. The van der Waals surface area contributed by atoms with Crippen molar-refractivity contribution in [2.75, 3.05) is 11.1 Å². The molecule has 0 radical (unpaired) electrons. The molecule has 2 aromatic carbocycles. The Morgan fingerprint density at radius 2 is 2.05 bits per heavy atom. The summed E-state index contributed by atoms with van der Waals surface area (Å²) >= 11 is 5.91. The Labute approximate surface area is 115 Å². The highest BCUT2D eigenvalue weighted by Gasteiger charge is 2.09. The lowest BCUT2D eigenvalue weighted by Crippen LogP contribution is -2.01. The van der Waals surface area contributed by atoms with E-state index in [9.17, 15) is 9.18 Å². The average molecular weight is 279 g/mol. The molecule has 0 spiro atoms. The molecule has 2 aromatic rings. The standard InChI is InChI=1S/C14H12ClFN2O/c1-8(19)10-6-5-9(7-13(10)17)18-14-11(15)3-2-4-12(14)16/h2-7,18H,17H2,1H3. The Bertz CT molecular complexity index is 623. The molecule has 0 aromatic heterocycles. The molecule has 0 aliphatic carbocycles. The van der Waals surface area contributed by atoms with Gasteiger partial charge in [-0.1, -0.05) is 17.7 Å². The molecule has 19 heavy (non-hydrogen) atoms. The maximum absolute atomic E-state index is 13.6. The summed E-state index contributed by atoms with van der Waals surface area (Å²) in [5.74, 6) is -0.574. The predicted molar refractivity (Wildman–Crippen MR) is 75.6 cm³/mol. The second kappa shape index (κ2) is 5.28. The SMILES string of the molecule is CC(=O)c1ccc(Nc2c(F)cccc2Cl)cc1N. The van der Waals surface area contributed by atoms with Crippen LogP contribution in [0.15, 0.2) is 36.4 Å². The van der Waals surface area contributed by atoms with Crippen LogP contribution in [-0.2, 0) is 0 Å². The molecule has 0 aliphatic rings. The number of hydrogen-bond acceptors (Lipinski definition) is 3. The highest BCUT2D eigenvalue weighted by atomic mass is 35.5. The fourth-order valence-electron chi connectivity index (χ4n) is 1.72. The van der Waals surface area contributed by atoms with Gasteiger partial charge in [-0.25, -0.2) is 4.39 Å². The summed E-state index contributed by atoms with van der Waals surface area (Å²) < 4.78 is 13.6. The minimum atomic E-state index is -0.457. The quantitative estimate of drug-likeness (QED) is 0.659. The summed E-state index contributed by atoms with van der Waals surface area (Å²) in [7, 11) is 0. The molecule has 0 unspecified atom stereocenters. The third kappa shape index (κ3) is 2.85. The van der Waals surface area contributed by atoms with Crippen LogP contribution in [0.3, 0.4) is 0 Å². The fourth-order valence-corrected chi connectivity index (χ4v) is 1.93. The van der Waals surface area contributed by atoms with E-state index in [0.29, 0.717) is 16.9 Å². The van der Waals surface area contributed by atoms with Crippen molar-refractivity contribution in [3.05, 3.63) is 52.8 Å². The first-order valence-corrected chi connectivity index (χ1v) is 5.98. The normalized spacial score (nSPS) is 10.3. The number of carbonyl (C=O) groups is 1. The molecule has 0 amide bonds. The second-order valence-corrected chi connectivity index (χ2v) is 4.49. The highest BCUT2D eigenvalue weighted by Crippen LogP contribution is 2.29. The van der Waals surface area contributed by atoms with E-state index in [1.54, 1.807) is 24.3 Å². The number of para-hydroxylation sites is 1. The Morgan fingerprint density at radius 3 is 2.63 bits per heavy atom. The first-order valence-electron chi connectivity index (χ1n) is 5.60. The van der Waals surface area contributed by atoms with Gasteiger partial charge in [0.05, 0.1) is 10.7 Å². The molecule has 0 atom stereocenters. The van der Waals surface area contributed by atoms with Crippen LogP contribution in [0.25, 0.3) is 0 Å². The number of anilines is 3. The van der Waals surface area contributed by atoms with Crippen LogP contribution >= 0.6 is 11.6 Å². The average Bonchev–Trinajstić information content (AvgIpc) is 2.33. The number of Topliss-reactive ketones (excluding diaryl/α,β-unsaturated/α-hetero) is 1. The van der Waals surface area contributed by atoms with Gasteiger partial charge in [-0.2, -0.15) is 0 Å². The number of nitrogens with two attached hydrogens (primary N) is 1. The van der Waals surface area contributed by atoms with Crippen molar-refractivity contribution in [2.24, 2.45) is 0 Å². The molecule has 0 saturated carbocycles. The van der Waals surface area contributed by atoms with Crippen LogP contribution in [0.2, 0.25) is 5.02 Å². The number of halogens is 2. The van der Waals surface area contributed by atoms with Gasteiger partial charge in [-0.15, -0.1) is 0 Å². The van der Waals surface area contributed by atoms with E-state index in [4.69, 9.17) is 17.3 Å². The van der Waals surface area contributed by atoms with Crippen molar-refractivity contribution in [3.8, 4) is 0 Å². The highest BCUT2D eigenvalue weighted by molar-refractivity contribution is 6.33. The van der Waals surface area contributed by atoms with Crippen molar-refractivity contribution in [2.45, 2.75) is 6.92 Å². The number of ketones is 1. The van der Waals surface area contributed by atoms with Crippen molar-refractivity contribution >= 4 is 34.4 Å². The monoisotopic (exact) mass is 278 g/mol. The van der Waals surface area contributed by atoms with Gasteiger partial charge >= 0.3 is 0 Å². The van der Waals surface area contributed by atoms with Gasteiger partial charge in [0.2, 0.25) is 0 Å². The van der Waals surface area contributed by atoms with Gasteiger partial charge in [0.25, 0.3) is 0 Å². The van der Waals surface area contributed by atoms with Crippen LogP contribution < -0.4 is 11.1 Å². The summed E-state index contributed by atoms with van der Waals surface area (Å²) in [6.45, 7) is 1.44. The van der Waals surface area contributed by atoms with Gasteiger partial charge in [-0.3, -0.25) is 4.79 Å². The molecule has 0 bridgehead atoms. The van der Waals surface area contributed by atoms with E-state index in [1.165, 1.54) is 19.1 Å². The van der Waals surface area contributed by atoms with Crippen LogP contribution in [0.1, 0.15) is 17.3 Å². The molecule has 0 aliphatic heterocycles. The third-order valence-electron chi connectivity index (χ3n) is 2.66. The van der Waals surface area contributed by atoms with E-state index in [2.05, 4.69) is 5.32 Å². The summed E-state index contributed by atoms with van der Waals surface area (Å²) in [4.78, 5) is 11.3. The zero-order valence-electron chi connectivity index (χ0n) is 10.2. The van der Waals surface area contributed by atoms with E-state index in [1.807, 2.05) is 0 Å². The van der Waals surface area contributed by atoms with Crippen molar-refractivity contribution < 1.29 is 9.18 Å². The van der Waals surface area contributed by atoms with Crippen molar-refractivity contribution in [1.82, 2.24) is 0 Å². The Balaban J connectivity index is 2.34. The molecule has 0 saturated heterocycles. The molecule has 0 fully saturated rings. The molecule has 98 valence electrons. The number of carbonyl (C=O) groups excluding carboxylic acids is 1. The number of nitrogen functional groups attached to an aromatic ring is 1. The predicted octanol–water partition coefficient (Wildman–Crippen LogP) is 4.01. The smallest absolute Gasteiger partial charge is 0.161 e. The zero-order valence-corrected chi connectivity index (χ0v) is 11.0. The van der Waals surface area contributed by atoms with E-state index in [0.717, 1.165) is 0 Å². The summed E-state index contributed by atoms with van der Waals surface area (Å²) in [6, 6.07) is 9.22. The van der Waals surface area contributed by atoms with Gasteiger partial charge in [0, 0.05) is 16.9 Å². The van der Waals surface area contributed by atoms with E-state index < -0.39 is 5.82 Å². The Hall–Kier alpha value is -2.07. The van der Waals surface area contributed by atoms with Crippen LogP contribution in [0.4, 0.5) is 21.5 Å². The van der Waals surface area contributed by atoms with Gasteiger partial charge in [0.15, 0.2) is 5.78 Å². The molecule has 3 nitrogen and oxygen atoms in total. The number of nitrogens with one attached hydrogen (secondary N) is 1. The first-order chi connectivity index (χ1) is 8.99. The lowest BCUT2D eigenvalue weighted by Gasteiger charge is -2.11. The number of rotatable bonds is 3. The Kier molecular flexibility index (Phi) is 3.71. The van der Waals surface area contributed by atoms with Crippen LogP contribution in [0, 0.1) is 5.82 Å². The van der Waals surface area contributed by atoms with Gasteiger partial charge in [-0.05, 0) is 37.3 Å². The van der Waals surface area contributed by atoms with E-state index >= 15 is 0 Å². The summed E-state index contributed by atoms with van der Waals surface area (Å²) in [5, 5.41) is 3.12. The fraction of sp³-hybridized carbons (Fsp3) is 0.0714. The second-order valence-electron chi connectivity index (χ2n) is 4.08. The molecule has 3 N–H and O–H groups in total. The molecule has 5 heteroatoms. The zero-order chi connectivity index (χ0) is 14.0. The summed E-state index contributed by atoms with van der Waals surface area (Å²) in [5.41, 5.74) is 7.28. The third-order valence-corrected chi connectivity index (χ3v) is 2.98. The maximum Gasteiger partial charge on any atom is 0.161 e. The molecule has 0 heterocycles. The van der Waals surface area contributed by atoms with E-state index in [-0.39, 0.29) is 16.5 Å². The maximum atomic E-state index is 13.6. The molecule has 2 rings (SSSR count). The summed E-state index contributed by atoms with van der Waals surface area (Å²) in [6.07, 6.45) is 0. The van der Waals surface area contributed by atoms with Crippen molar-refractivity contribution in [1.29, 1.82) is 0 Å². The molecular weight excluding hydrogens is 267 g/mol. The topological polar surface area (TPSA) is 55.1 Å². The minimum Gasteiger partial charge on any atom is -0.398 e.